The van der Waals surface area contributed by atoms with Crippen LogP contribution in [0.25, 0.3) is 16.2 Å². The van der Waals surface area contributed by atoms with Gasteiger partial charge in [-0.25, -0.2) is 13.4 Å². The third kappa shape index (κ3) is 4.30. The number of amides is 1. The van der Waals surface area contributed by atoms with Crippen molar-refractivity contribution in [3.8, 4) is 11.3 Å². The van der Waals surface area contributed by atoms with E-state index in [1.54, 1.807) is 36.5 Å². The molecule has 2 aromatic heterocycles. The molecule has 0 aliphatic carbocycles. The molecule has 0 saturated carbocycles. The normalized spacial score (nSPS) is 11.5. The average Bonchev–Trinajstić information content (AvgIpc) is 3.31. The number of carbonyl (C=O) groups excluding carboxylic acids is 1. The Balaban J connectivity index is 1.48. The summed E-state index contributed by atoms with van der Waals surface area (Å²) in [5.41, 5.74) is 3.18. The Bertz CT molecular complexity index is 1250. The van der Waals surface area contributed by atoms with Crippen molar-refractivity contribution in [2.45, 2.75) is 6.92 Å². The van der Waals surface area contributed by atoms with Gasteiger partial charge in [0.25, 0.3) is 5.91 Å². The third-order valence-corrected chi connectivity index (χ3v) is 6.39. The number of imidazole rings is 1. The lowest BCUT2D eigenvalue weighted by atomic mass is 10.1. The zero-order valence-corrected chi connectivity index (χ0v) is 17.1. The number of anilines is 2. The highest BCUT2D eigenvalue weighted by Crippen LogP contribution is 2.23. The Kier molecular flexibility index (Phi) is 5.08. The van der Waals surface area contributed by atoms with Gasteiger partial charge in [0, 0.05) is 40.3 Å². The number of benzene rings is 2. The van der Waals surface area contributed by atoms with Crippen LogP contribution >= 0.6 is 11.3 Å². The van der Waals surface area contributed by atoms with E-state index in [9.17, 15) is 13.2 Å². The molecule has 0 atom stereocenters. The fraction of sp³-hybridized carbons (Fsp3) is 0.100. The number of aromatic nitrogens is 2. The molecule has 2 N–H and O–H groups in total. The highest BCUT2D eigenvalue weighted by Gasteiger charge is 2.11. The molecule has 2 aromatic carbocycles. The number of nitrogens with one attached hydrogen (secondary N) is 2. The number of rotatable bonds is 6. The Labute approximate surface area is 172 Å². The molecule has 0 aliphatic heterocycles. The molecule has 0 bridgehead atoms. The van der Waals surface area contributed by atoms with E-state index in [0.717, 1.165) is 16.2 Å². The molecule has 7 nitrogen and oxygen atoms in total. The van der Waals surface area contributed by atoms with Gasteiger partial charge in [-0.1, -0.05) is 18.2 Å². The summed E-state index contributed by atoms with van der Waals surface area (Å²) >= 11 is 1.57. The van der Waals surface area contributed by atoms with Gasteiger partial charge < -0.3 is 5.32 Å². The average molecular weight is 427 g/mol. The Hall–Kier alpha value is -3.17. The van der Waals surface area contributed by atoms with E-state index in [0.29, 0.717) is 16.9 Å². The van der Waals surface area contributed by atoms with Crippen molar-refractivity contribution < 1.29 is 13.2 Å². The van der Waals surface area contributed by atoms with Crippen LogP contribution in [0.3, 0.4) is 0 Å². The SMILES string of the molecule is CCS(=O)(=O)Nc1cccc(C(=O)Nc2ccc(-c3cn4ccsc4n3)cc2)c1. The second-order valence-electron chi connectivity index (χ2n) is 6.34. The van der Waals surface area contributed by atoms with Gasteiger partial charge in [-0.2, -0.15) is 0 Å². The van der Waals surface area contributed by atoms with Crippen LogP contribution in [0.15, 0.2) is 66.3 Å². The Morgan fingerprint density at radius 2 is 1.93 bits per heavy atom. The molecule has 148 valence electrons. The van der Waals surface area contributed by atoms with Crippen LogP contribution in [0.5, 0.6) is 0 Å². The zero-order valence-electron chi connectivity index (χ0n) is 15.5. The van der Waals surface area contributed by atoms with Crippen molar-refractivity contribution in [2.75, 3.05) is 15.8 Å². The summed E-state index contributed by atoms with van der Waals surface area (Å²) in [5, 5.41) is 4.80. The van der Waals surface area contributed by atoms with Crippen LogP contribution < -0.4 is 10.0 Å². The topological polar surface area (TPSA) is 92.6 Å². The number of hydrogen-bond donors (Lipinski definition) is 2. The third-order valence-electron chi connectivity index (χ3n) is 4.31. The minimum absolute atomic E-state index is 0.0372. The van der Waals surface area contributed by atoms with E-state index in [-0.39, 0.29) is 11.7 Å². The summed E-state index contributed by atoms with van der Waals surface area (Å²) in [6.07, 6.45) is 3.92. The molecule has 0 radical (unpaired) electrons. The van der Waals surface area contributed by atoms with Gasteiger partial charge in [0.15, 0.2) is 4.96 Å². The summed E-state index contributed by atoms with van der Waals surface area (Å²) < 4.78 is 27.8. The molecule has 0 aliphatic rings. The number of carbonyl (C=O) groups is 1. The number of fused-ring (bicyclic) bond motifs is 1. The molecule has 4 rings (SSSR count). The van der Waals surface area contributed by atoms with Gasteiger partial charge in [-0.15, -0.1) is 11.3 Å². The minimum Gasteiger partial charge on any atom is -0.322 e. The second kappa shape index (κ2) is 7.69. The van der Waals surface area contributed by atoms with Gasteiger partial charge in [-0.3, -0.25) is 13.9 Å². The lowest BCUT2D eigenvalue weighted by molar-refractivity contribution is 0.102. The maximum absolute atomic E-state index is 12.5. The Morgan fingerprint density at radius 1 is 1.14 bits per heavy atom. The molecule has 0 saturated heterocycles. The van der Waals surface area contributed by atoms with Crippen molar-refractivity contribution in [1.29, 1.82) is 0 Å². The fourth-order valence-corrected chi connectivity index (χ4v) is 4.10. The van der Waals surface area contributed by atoms with Crippen molar-refractivity contribution in [2.24, 2.45) is 0 Å². The van der Waals surface area contributed by atoms with Crippen molar-refractivity contribution in [3.05, 3.63) is 71.9 Å². The first kappa shape index (κ1) is 19.2. The summed E-state index contributed by atoms with van der Waals surface area (Å²) in [6.45, 7) is 1.55. The van der Waals surface area contributed by atoms with Crippen molar-refractivity contribution >= 4 is 43.6 Å². The minimum atomic E-state index is -3.40. The van der Waals surface area contributed by atoms with Gasteiger partial charge in [0.2, 0.25) is 10.0 Å². The molecular weight excluding hydrogens is 408 g/mol. The molecule has 1 amide bonds. The van der Waals surface area contributed by atoms with Crippen LogP contribution in [-0.4, -0.2) is 29.5 Å². The first-order valence-electron chi connectivity index (χ1n) is 8.88. The monoisotopic (exact) mass is 426 g/mol. The van der Waals surface area contributed by atoms with E-state index in [1.807, 2.05) is 46.4 Å². The number of nitrogens with zero attached hydrogens (tertiary/aromatic N) is 2. The molecule has 2 heterocycles. The maximum Gasteiger partial charge on any atom is 0.255 e. The first-order chi connectivity index (χ1) is 13.9. The summed E-state index contributed by atoms with van der Waals surface area (Å²) in [6, 6.07) is 13.8. The molecule has 9 heteroatoms. The predicted molar refractivity (Wildman–Crippen MR) is 116 cm³/mol. The molecule has 0 fully saturated rings. The highest BCUT2D eigenvalue weighted by atomic mass is 32.2. The van der Waals surface area contributed by atoms with Gasteiger partial charge in [0.1, 0.15) is 0 Å². The lowest BCUT2D eigenvalue weighted by Gasteiger charge is -2.09. The van der Waals surface area contributed by atoms with Crippen molar-refractivity contribution in [1.82, 2.24) is 9.38 Å². The molecular formula is C20H18N4O3S2. The van der Waals surface area contributed by atoms with Crippen LogP contribution in [0.4, 0.5) is 11.4 Å². The molecule has 29 heavy (non-hydrogen) atoms. The predicted octanol–water partition coefficient (Wildman–Crippen LogP) is 4.08. The van der Waals surface area contributed by atoms with E-state index >= 15 is 0 Å². The summed E-state index contributed by atoms with van der Waals surface area (Å²) in [4.78, 5) is 18.0. The van der Waals surface area contributed by atoms with E-state index in [2.05, 4.69) is 15.0 Å². The van der Waals surface area contributed by atoms with E-state index in [1.165, 1.54) is 6.07 Å². The molecule has 0 unspecified atom stereocenters. The lowest BCUT2D eigenvalue weighted by Crippen LogP contribution is -2.16. The van der Waals surface area contributed by atoms with Crippen LogP contribution in [0.1, 0.15) is 17.3 Å². The number of hydrogen-bond acceptors (Lipinski definition) is 5. The second-order valence-corrected chi connectivity index (χ2v) is 9.22. The summed E-state index contributed by atoms with van der Waals surface area (Å²) in [7, 11) is -3.40. The van der Waals surface area contributed by atoms with Crippen molar-refractivity contribution in [3.63, 3.8) is 0 Å². The van der Waals surface area contributed by atoms with Crippen LogP contribution in [0.2, 0.25) is 0 Å². The van der Waals surface area contributed by atoms with E-state index < -0.39 is 10.0 Å². The quantitative estimate of drug-likeness (QED) is 0.486. The smallest absolute Gasteiger partial charge is 0.255 e. The van der Waals surface area contributed by atoms with E-state index in [4.69, 9.17) is 0 Å². The Morgan fingerprint density at radius 3 is 2.66 bits per heavy atom. The first-order valence-corrected chi connectivity index (χ1v) is 11.4. The van der Waals surface area contributed by atoms with Gasteiger partial charge >= 0.3 is 0 Å². The fourth-order valence-electron chi connectivity index (χ4n) is 2.77. The van der Waals surface area contributed by atoms with Crippen LogP contribution in [-0.2, 0) is 10.0 Å². The highest BCUT2D eigenvalue weighted by molar-refractivity contribution is 7.92. The molecule has 4 aromatic rings. The largest absolute Gasteiger partial charge is 0.322 e. The number of sulfonamides is 1. The standard InChI is InChI=1S/C20H18N4O3S2/c1-2-29(26,27)23-17-5-3-4-15(12-17)19(25)21-16-8-6-14(7-9-16)18-13-24-10-11-28-20(24)22-18/h3-13,23H,2H2,1H3,(H,21,25). The summed E-state index contributed by atoms with van der Waals surface area (Å²) in [5.74, 6) is -0.359. The number of thiazole rings is 1. The van der Waals surface area contributed by atoms with Gasteiger partial charge in [-0.05, 0) is 37.3 Å². The maximum atomic E-state index is 12.5. The van der Waals surface area contributed by atoms with Gasteiger partial charge in [0.05, 0.1) is 11.4 Å². The van der Waals surface area contributed by atoms with Crippen LogP contribution in [0, 0.1) is 0 Å². The zero-order chi connectivity index (χ0) is 20.4. The molecule has 0 spiro atoms.